The maximum absolute atomic E-state index is 11.3. The third-order valence-electron chi connectivity index (χ3n) is 3.30. The molecule has 1 aromatic carbocycles. The van der Waals surface area contributed by atoms with Crippen LogP contribution in [-0.2, 0) is 14.6 Å². The van der Waals surface area contributed by atoms with Gasteiger partial charge in [0.15, 0.2) is 9.84 Å². The first kappa shape index (κ1) is 18.0. The summed E-state index contributed by atoms with van der Waals surface area (Å²) in [5, 5.41) is 9.01. The first-order valence-corrected chi connectivity index (χ1v) is 9.67. The molecule has 0 heterocycles. The monoisotopic (exact) mass is 330 g/mol. The van der Waals surface area contributed by atoms with Gasteiger partial charge in [0.05, 0.1) is 10.3 Å². The van der Waals surface area contributed by atoms with Gasteiger partial charge in [0.25, 0.3) is 0 Å². The van der Waals surface area contributed by atoms with Gasteiger partial charge >= 0.3 is 5.97 Å². The Kier molecular flexibility index (Phi) is 6.28. The zero-order chi connectivity index (χ0) is 16.1. The highest BCUT2D eigenvalue weighted by Gasteiger charge is 2.25. The van der Waals surface area contributed by atoms with Gasteiger partial charge in [-0.25, -0.2) is 8.42 Å². The summed E-state index contributed by atoms with van der Waals surface area (Å²) in [6, 6.07) is 6.85. The summed E-state index contributed by atoms with van der Waals surface area (Å²) in [4.78, 5) is 12.3. The molecule has 1 aromatic rings. The normalized spacial score (nSPS) is 12.3. The van der Waals surface area contributed by atoms with E-state index < -0.39 is 21.2 Å². The van der Waals surface area contributed by atoms with Crippen molar-refractivity contribution in [2.75, 3.05) is 12.0 Å². The van der Waals surface area contributed by atoms with Gasteiger partial charge in [0, 0.05) is 11.2 Å². The summed E-state index contributed by atoms with van der Waals surface area (Å²) in [5.74, 6) is 0.139. The number of hydrogen-bond donors (Lipinski definition) is 1. The van der Waals surface area contributed by atoms with Crippen LogP contribution in [0.5, 0.6) is 0 Å². The Balaban J connectivity index is 2.35. The van der Waals surface area contributed by atoms with Gasteiger partial charge in [-0.15, -0.1) is 11.8 Å². The van der Waals surface area contributed by atoms with Gasteiger partial charge in [0.2, 0.25) is 0 Å². The largest absolute Gasteiger partial charge is 0.481 e. The lowest BCUT2D eigenvalue weighted by atomic mass is 9.88. The summed E-state index contributed by atoms with van der Waals surface area (Å²) in [6.07, 6.45) is 3.66. The van der Waals surface area contributed by atoms with Crippen molar-refractivity contribution in [3.63, 3.8) is 0 Å². The predicted octanol–water partition coefficient (Wildman–Crippen LogP) is 3.46. The number of carboxylic acids is 1. The van der Waals surface area contributed by atoms with Crippen LogP contribution in [0, 0.1) is 5.41 Å². The number of thioether (sulfide) groups is 1. The van der Waals surface area contributed by atoms with Crippen LogP contribution in [0.3, 0.4) is 0 Å². The van der Waals surface area contributed by atoms with E-state index in [2.05, 4.69) is 0 Å². The third-order valence-corrected chi connectivity index (χ3v) is 5.52. The molecule has 0 radical (unpaired) electrons. The molecule has 0 spiro atoms. The van der Waals surface area contributed by atoms with Crippen molar-refractivity contribution in [3.8, 4) is 0 Å². The second-order valence-electron chi connectivity index (χ2n) is 5.74. The Morgan fingerprint density at radius 3 is 2.24 bits per heavy atom. The molecule has 118 valence electrons. The van der Waals surface area contributed by atoms with Crippen molar-refractivity contribution in [1.29, 1.82) is 0 Å². The lowest BCUT2D eigenvalue weighted by molar-refractivity contribution is -0.147. The Morgan fingerprint density at radius 2 is 1.76 bits per heavy atom. The molecule has 1 rings (SSSR count). The number of sulfone groups is 1. The minimum absolute atomic E-state index is 0.329. The second kappa shape index (κ2) is 7.31. The van der Waals surface area contributed by atoms with Crippen molar-refractivity contribution < 1.29 is 18.3 Å². The lowest BCUT2D eigenvalue weighted by Crippen LogP contribution is -2.23. The molecule has 0 aliphatic heterocycles. The molecule has 4 nitrogen and oxygen atoms in total. The molecule has 1 N–H and O–H groups in total. The second-order valence-corrected chi connectivity index (χ2v) is 8.92. The number of aliphatic carboxylic acids is 1. The summed E-state index contributed by atoms with van der Waals surface area (Å²) in [5.41, 5.74) is -0.665. The van der Waals surface area contributed by atoms with E-state index in [0.717, 1.165) is 23.5 Å². The molecule has 0 atom stereocenters. The van der Waals surface area contributed by atoms with Crippen LogP contribution in [0.2, 0.25) is 0 Å². The van der Waals surface area contributed by atoms with Crippen LogP contribution in [0.15, 0.2) is 34.1 Å². The molecular formula is C15H22O4S2. The minimum Gasteiger partial charge on any atom is -0.481 e. The predicted molar refractivity (Wildman–Crippen MR) is 85.5 cm³/mol. The number of benzene rings is 1. The van der Waals surface area contributed by atoms with Crippen LogP contribution < -0.4 is 0 Å². The molecule has 0 fully saturated rings. The van der Waals surface area contributed by atoms with Gasteiger partial charge in [-0.3, -0.25) is 4.79 Å². The highest BCUT2D eigenvalue weighted by atomic mass is 32.2. The van der Waals surface area contributed by atoms with E-state index in [0.29, 0.717) is 11.3 Å². The summed E-state index contributed by atoms with van der Waals surface area (Å²) in [6.45, 7) is 3.48. The first-order valence-electron chi connectivity index (χ1n) is 6.79. The Hall–Kier alpha value is -1.01. The smallest absolute Gasteiger partial charge is 0.309 e. The number of hydrogen-bond acceptors (Lipinski definition) is 4. The van der Waals surface area contributed by atoms with E-state index >= 15 is 0 Å². The van der Waals surface area contributed by atoms with Crippen molar-refractivity contribution in [2.24, 2.45) is 5.41 Å². The molecular weight excluding hydrogens is 308 g/mol. The molecule has 0 bridgehead atoms. The molecule has 0 saturated heterocycles. The van der Waals surface area contributed by atoms with Crippen molar-refractivity contribution in [3.05, 3.63) is 24.3 Å². The van der Waals surface area contributed by atoms with Gasteiger partial charge < -0.3 is 5.11 Å². The maximum Gasteiger partial charge on any atom is 0.309 e. The van der Waals surface area contributed by atoms with Crippen molar-refractivity contribution in [2.45, 2.75) is 42.9 Å². The van der Waals surface area contributed by atoms with Gasteiger partial charge in [0.1, 0.15) is 0 Å². The molecule has 0 aliphatic rings. The van der Waals surface area contributed by atoms with Gasteiger partial charge in [-0.1, -0.05) is 6.42 Å². The van der Waals surface area contributed by atoms with Crippen LogP contribution in [0.25, 0.3) is 0 Å². The fraction of sp³-hybridized carbons (Fsp3) is 0.533. The Bertz CT molecular complexity index is 574. The Morgan fingerprint density at radius 1 is 1.19 bits per heavy atom. The molecule has 0 aliphatic carbocycles. The van der Waals surface area contributed by atoms with Crippen LogP contribution in [0.1, 0.15) is 33.1 Å². The quantitative estimate of drug-likeness (QED) is 0.584. The maximum atomic E-state index is 11.3. The van der Waals surface area contributed by atoms with Gasteiger partial charge in [-0.2, -0.15) is 0 Å². The standard InChI is InChI=1S/C15H22O4S2/c1-15(2,14(16)17)10-4-5-11-20-12-6-8-13(9-7-12)21(3,18)19/h6-9H,4-5,10-11H2,1-3H3,(H,16,17). The Labute approximate surface area is 130 Å². The third kappa shape index (κ3) is 6.09. The summed E-state index contributed by atoms with van der Waals surface area (Å²) >= 11 is 1.66. The van der Waals surface area contributed by atoms with Crippen LogP contribution >= 0.6 is 11.8 Å². The van der Waals surface area contributed by atoms with E-state index in [1.807, 2.05) is 12.1 Å². The molecule has 0 unspecified atom stereocenters. The fourth-order valence-corrected chi connectivity index (χ4v) is 3.29. The number of carboxylic acid groups (broad SMARTS) is 1. The van der Waals surface area contributed by atoms with Crippen LogP contribution in [-0.4, -0.2) is 31.5 Å². The lowest BCUT2D eigenvalue weighted by Gasteiger charge is -2.18. The minimum atomic E-state index is -3.14. The zero-order valence-electron chi connectivity index (χ0n) is 12.6. The van der Waals surface area contributed by atoms with E-state index in [-0.39, 0.29) is 0 Å². The molecule has 0 aromatic heterocycles. The topological polar surface area (TPSA) is 71.4 Å². The molecule has 0 amide bonds. The van der Waals surface area contributed by atoms with E-state index in [9.17, 15) is 13.2 Å². The fourth-order valence-electron chi connectivity index (χ4n) is 1.75. The summed E-state index contributed by atoms with van der Waals surface area (Å²) in [7, 11) is -3.14. The van der Waals surface area contributed by atoms with Crippen LogP contribution in [0.4, 0.5) is 0 Å². The number of rotatable bonds is 8. The van der Waals surface area contributed by atoms with E-state index in [1.54, 1.807) is 37.7 Å². The molecule has 21 heavy (non-hydrogen) atoms. The average molecular weight is 330 g/mol. The number of unbranched alkanes of at least 4 members (excludes halogenated alkanes) is 1. The van der Waals surface area contributed by atoms with Crippen molar-refractivity contribution >= 4 is 27.6 Å². The highest BCUT2D eigenvalue weighted by Crippen LogP contribution is 2.26. The molecule has 6 heteroatoms. The van der Waals surface area contributed by atoms with E-state index in [4.69, 9.17) is 5.11 Å². The summed E-state index contributed by atoms with van der Waals surface area (Å²) < 4.78 is 22.7. The highest BCUT2D eigenvalue weighted by molar-refractivity contribution is 7.99. The van der Waals surface area contributed by atoms with Crippen molar-refractivity contribution in [1.82, 2.24) is 0 Å². The molecule has 0 saturated carbocycles. The first-order chi connectivity index (χ1) is 9.63. The van der Waals surface area contributed by atoms with Gasteiger partial charge in [-0.05, 0) is 56.7 Å². The SMILES string of the molecule is CC(C)(CCCCSc1ccc(S(C)(=O)=O)cc1)C(=O)O. The van der Waals surface area contributed by atoms with E-state index in [1.165, 1.54) is 6.26 Å². The average Bonchev–Trinajstić information content (AvgIpc) is 2.37. The zero-order valence-corrected chi connectivity index (χ0v) is 14.3. The number of carbonyl (C=O) groups is 1.